The highest BCUT2D eigenvalue weighted by molar-refractivity contribution is 6.29. The first-order valence-electron chi connectivity index (χ1n) is 4.82. The number of nitrogen functional groups attached to an aromatic ring is 1. The second kappa shape index (κ2) is 4.45. The molecule has 0 unspecified atom stereocenters. The second-order valence-corrected chi connectivity index (χ2v) is 3.91. The zero-order chi connectivity index (χ0) is 13.3. The first-order valence-corrected chi connectivity index (χ1v) is 5.20. The summed E-state index contributed by atoms with van der Waals surface area (Å²) in [7, 11) is 0. The van der Waals surface area contributed by atoms with Gasteiger partial charge in [0.15, 0.2) is 0 Å². The molecule has 1 heterocycles. The van der Waals surface area contributed by atoms with Crippen molar-refractivity contribution in [3.05, 3.63) is 41.3 Å². The number of anilines is 1. The Bertz CT molecular complexity index is 584. The molecule has 0 saturated heterocycles. The molecule has 2 aromatic rings. The zero-order valence-corrected chi connectivity index (χ0v) is 9.63. The fourth-order valence-electron chi connectivity index (χ4n) is 1.45. The van der Waals surface area contributed by atoms with Gasteiger partial charge in [-0.3, -0.25) is 0 Å². The largest absolute Gasteiger partial charge is 0.416 e. The van der Waals surface area contributed by atoms with Crippen LogP contribution in [0.15, 0.2) is 30.6 Å². The lowest BCUT2D eigenvalue weighted by atomic mass is 10.1. The molecule has 18 heavy (non-hydrogen) atoms. The summed E-state index contributed by atoms with van der Waals surface area (Å²) in [6, 6.07) is 4.50. The van der Waals surface area contributed by atoms with E-state index in [9.17, 15) is 13.2 Å². The third-order valence-electron chi connectivity index (χ3n) is 2.29. The number of hydrogen-bond donors (Lipinski definition) is 1. The molecule has 1 aromatic carbocycles. The Kier molecular flexibility index (Phi) is 3.13. The van der Waals surface area contributed by atoms with E-state index in [0.717, 1.165) is 12.1 Å². The molecule has 2 N–H and O–H groups in total. The molecule has 0 bridgehead atoms. The van der Waals surface area contributed by atoms with E-state index in [2.05, 4.69) is 9.97 Å². The number of halogens is 4. The first-order chi connectivity index (χ1) is 8.38. The minimum atomic E-state index is -4.42. The summed E-state index contributed by atoms with van der Waals surface area (Å²) in [5, 5.41) is 0.194. The maximum Gasteiger partial charge on any atom is 0.416 e. The van der Waals surface area contributed by atoms with E-state index in [0.29, 0.717) is 11.3 Å². The standard InChI is InChI=1S/C11H7ClF3N3/c12-10-4-9(17-5-18-10)7-2-1-6(3-8(7)16)11(13,14)15/h1-5H,16H2. The van der Waals surface area contributed by atoms with Crippen LogP contribution in [0.2, 0.25) is 5.15 Å². The van der Waals surface area contributed by atoms with Crippen LogP contribution in [0.3, 0.4) is 0 Å². The second-order valence-electron chi connectivity index (χ2n) is 3.53. The van der Waals surface area contributed by atoms with Gasteiger partial charge in [-0.2, -0.15) is 13.2 Å². The van der Waals surface area contributed by atoms with Gasteiger partial charge in [0.05, 0.1) is 11.3 Å². The number of benzene rings is 1. The molecule has 7 heteroatoms. The topological polar surface area (TPSA) is 51.8 Å². The normalized spacial score (nSPS) is 11.6. The van der Waals surface area contributed by atoms with E-state index in [-0.39, 0.29) is 10.8 Å². The van der Waals surface area contributed by atoms with E-state index in [1.165, 1.54) is 18.5 Å². The molecule has 0 radical (unpaired) electrons. The molecular formula is C11H7ClF3N3. The van der Waals surface area contributed by atoms with E-state index in [1.807, 2.05) is 0 Å². The fourth-order valence-corrected chi connectivity index (χ4v) is 1.60. The number of aromatic nitrogens is 2. The summed E-state index contributed by atoms with van der Waals surface area (Å²) in [6.07, 6.45) is -3.20. The van der Waals surface area contributed by atoms with Crippen molar-refractivity contribution in [2.24, 2.45) is 0 Å². The van der Waals surface area contributed by atoms with Gasteiger partial charge in [-0.15, -0.1) is 0 Å². The highest BCUT2D eigenvalue weighted by Crippen LogP contribution is 2.34. The van der Waals surface area contributed by atoms with Gasteiger partial charge in [0.1, 0.15) is 11.5 Å². The molecule has 3 nitrogen and oxygen atoms in total. The summed E-state index contributed by atoms with van der Waals surface area (Å²) < 4.78 is 37.4. The highest BCUT2D eigenvalue weighted by Gasteiger charge is 2.30. The fraction of sp³-hybridized carbons (Fsp3) is 0.0909. The van der Waals surface area contributed by atoms with Gasteiger partial charge in [0.2, 0.25) is 0 Å². The maximum absolute atomic E-state index is 12.5. The molecular weight excluding hydrogens is 267 g/mol. The smallest absolute Gasteiger partial charge is 0.398 e. The van der Waals surface area contributed by atoms with Gasteiger partial charge in [-0.25, -0.2) is 9.97 Å². The number of nitrogens with zero attached hydrogens (tertiary/aromatic N) is 2. The summed E-state index contributed by atoms with van der Waals surface area (Å²) in [6.45, 7) is 0. The van der Waals surface area contributed by atoms with Crippen LogP contribution < -0.4 is 5.73 Å². The third kappa shape index (κ3) is 2.53. The minimum absolute atomic E-state index is 0.0143. The average molecular weight is 274 g/mol. The van der Waals surface area contributed by atoms with Crippen LogP contribution in [-0.4, -0.2) is 9.97 Å². The van der Waals surface area contributed by atoms with Gasteiger partial charge in [0.25, 0.3) is 0 Å². The Morgan fingerprint density at radius 3 is 2.39 bits per heavy atom. The van der Waals surface area contributed by atoms with Gasteiger partial charge in [0, 0.05) is 17.3 Å². The van der Waals surface area contributed by atoms with Crippen LogP contribution in [0.25, 0.3) is 11.3 Å². The van der Waals surface area contributed by atoms with Crippen LogP contribution in [0, 0.1) is 0 Å². The molecule has 0 aliphatic rings. The summed E-state index contributed by atoms with van der Waals surface area (Å²) in [5.74, 6) is 0. The monoisotopic (exact) mass is 273 g/mol. The Balaban J connectivity index is 2.48. The molecule has 0 aliphatic heterocycles. The van der Waals surface area contributed by atoms with Crippen molar-refractivity contribution < 1.29 is 13.2 Å². The van der Waals surface area contributed by atoms with Crippen molar-refractivity contribution in [2.75, 3.05) is 5.73 Å². The summed E-state index contributed by atoms with van der Waals surface area (Å²) in [4.78, 5) is 7.59. The van der Waals surface area contributed by atoms with Gasteiger partial charge >= 0.3 is 6.18 Å². The van der Waals surface area contributed by atoms with Crippen molar-refractivity contribution >= 4 is 17.3 Å². The lowest BCUT2D eigenvalue weighted by molar-refractivity contribution is -0.137. The number of alkyl halides is 3. The molecule has 94 valence electrons. The van der Waals surface area contributed by atoms with Crippen molar-refractivity contribution in [2.45, 2.75) is 6.18 Å². The van der Waals surface area contributed by atoms with E-state index in [4.69, 9.17) is 17.3 Å². The van der Waals surface area contributed by atoms with Crippen LogP contribution in [0.4, 0.5) is 18.9 Å². The molecule has 0 aliphatic carbocycles. The number of hydrogen-bond acceptors (Lipinski definition) is 3. The molecule has 1 aromatic heterocycles. The molecule has 0 atom stereocenters. The Morgan fingerprint density at radius 1 is 1.11 bits per heavy atom. The van der Waals surface area contributed by atoms with Gasteiger partial charge in [-0.05, 0) is 12.1 Å². The van der Waals surface area contributed by atoms with Crippen LogP contribution >= 0.6 is 11.6 Å². The van der Waals surface area contributed by atoms with E-state index in [1.54, 1.807) is 0 Å². The van der Waals surface area contributed by atoms with Crippen LogP contribution in [0.5, 0.6) is 0 Å². The Labute approximate surface area is 105 Å². The van der Waals surface area contributed by atoms with Gasteiger partial charge in [-0.1, -0.05) is 17.7 Å². The lowest BCUT2D eigenvalue weighted by Crippen LogP contribution is -2.06. The molecule has 2 rings (SSSR count). The summed E-state index contributed by atoms with van der Waals surface area (Å²) >= 11 is 5.68. The lowest BCUT2D eigenvalue weighted by Gasteiger charge is -2.10. The minimum Gasteiger partial charge on any atom is -0.398 e. The summed E-state index contributed by atoms with van der Waals surface area (Å²) in [5.41, 5.74) is 5.54. The molecule has 0 amide bonds. The number of rotatable bonds is 1. The average Bonchev–Trinajstić information content (AvgIpc) is 2.27. The van der Waals surface area contributed by atoms with Crippen LogP contribution in [0.1, 0.15) is 5.56 Å². The Morgan fingerprint density at radius 2 is 1.83 bits per heavy atom. The van der Waals surface area contributed by atoms with Crippen molar-refractivity contribution in [1.82, 2.24) is 9.97 Å². The first kappa shape index (κ1) is 12.6. The third-order valence-corrected chi connectivity index (χ3v) is 2.50. The van der Waals surface area contributed by atoms with Crippen molar-refractivity contribution in [1.29, 1.82) is 0 Å². The van der Waals surface area contributed by atoms with Gasteiger partial charge < -0.3 is 5.73 Å². The van der Waals surface area contributed by atoms with E-state index >= 15 is 0 Å². The number of nitrogens with two attached hydrogens (primary N) is 1. The van der Waals surface area contributed by atoms with Crippen molar-refractivity contribution in [3.63, 3.8) is 0 Å². The molecule has 0 saturated carbocycles. The van der Waals surface area contributed by atoms with Crippen molar-refractivity contribution in [3.8, 4) is 11.3 Å². The predicted octanol–water partition coefficient (Wildman–Crippen LogP) is 3.40. The molecule has 0 spiro atoms. The maximum atomic E-state index is 12.5. The quantitative estimate of drug-likeness (QED) is 0.640. The van der Waals surface area contributed by atoms with E-state index < -0.39 is 11.7 Å². The highest BCUT2D eigenvalue weighted by atomic mass is 35.5. The van der Waals surface area contributed by atoms with Crippen LogP contribution in [-0.2, 0) is 6.18 Å². The SMILES string of the molecule is Nc1cc(C(F)(F)F)ccc1-c1cc(Cl)ncn1. The zero-order valence-electron chi connectivity index (χ0n) is 8.87. The molecule has 0 fully saturated rings. The Hall–Kier alpha value is -1.82. The predicted molar refractivity (Wildman–Crippen MR) is 61.9 cm³/mol.